The molecule has 0 aliphatic carbocycles. The maximum absolute atomic E-state index is 8.56. The van der Waals surface area contributed by atoms with Crippen LogP contribution in [0.2, 0.25) is 0 Å². The Bertz CT molecular complexity index is 75.7. The van der Waals surface area contributed by atoms with Crippen LogP contribution >= 0.6 is 0 Å². The first-order valence-corrected chi connectivity index (χ1v) is 4.11. The molecule has 0 rings (SSSR count). The number of ether oxygens (including phenoxy) is 2. The third kappa shape index (κ3) is 7.78. The average Bonchev–Trinajstić information content (AvgIpc) is 2.04. The molecule has 68 valence electrons. The van der Waals surface area contributed by atoms with Gasteiger partial charge in [-0.1, -0.05) is 13.3 Å². The zero-order chi connectivity index (χ0) is 8.53. The number of unbranched alkanes of at least 4 members (excludes halogenated alkanes) is 1. The van der Waals surface area contributed by atoms with Crippen molar-refractivity contribution in [3.63, 3.8) is 0 Å². The first-order chi connectivity index (χ1) is 5.31. The number of rotatable bonds is 7. The van der Waals surface area contributed by atoms with E-state index in [1.807, 2.05) is 6.92 Å². The van der Waals surface area contributed by atoms with Crippen molar-refractivity contribution in [2.75, 3.05) is 20.0 Å². The topological polar surface area (TPSA) is 38.7 Å². The molecule has 0 saturated carbocycles. The van der Waals surface area contributed by atoms with Gasteiger partial charge in [0.05, 0.1) is 12.7 Å². The van der Waals surface area contributed by atoms with Gasteiger partial charge in [-0.05, 0) is 13.3 Å². The highest BCUT2D eigenvalue weighted by Crippen LogP contribution is 1.91. The molecule has 0 fully saturated rings. The highest BCUT2D eigenvalue weighted by Gasteiger charge is 1.97. The van der Waals surface area contributed by atoms with Crippen molar-refractivity contribution < 1.29 is 14.6 Å². The Kier molecular flexibility index (Phi) is 7.89. The number of hydrogen-bond donors (Lipinski definition) is 1. The van der Waals surface area contributed by atoms with Crippen LogP contribution in [0.4, 0.5) is 0 Å². The Morgan fingerprint density at radius 1 is 1.45 bits per heavy atom. The summed E-state index contributed by atoms with van der Waals surface area (Å²) in [6.45, 7) is 5.01. The van der Waals surface area contributed by atoms with Crippen LogP contribution in [0, 0.1) is 0 Å². The highest BCUT2D eigenvalue weighted by atomic mass is 16.7. The van der Waals surface area contributed by atoms with Crippen LogP contribution in [-0.2, 0) is 9.47 Å². The van der Waals surface area contributed by atoms with Gasteiger partial charge in [0.2, 0.25) is 0 Å². The van der Waals surface area contributed by atoms with E-state index in [1.165, 1.54) is 0 Å². The molecule has 0 aliphatic heterocycles. The molecule has 3 nitrogen and oxygen atoms in total. The van der Waals surface area contributed by atoms with E-state index in [9.17, 15) is 0 Å². The van der Waals surface area contributed by atoms with E-state index in [0.29, 0.717) is 6.79 Å². The Hall–Kier alpha value is -0.120. The number of hydrogen-bond acceptors (Lipinski definition) is 3. The molecule has 0 aromatic carbocycles. The van der Waals surface area contributed by atoms with Crippen molar-refractivity contribution >= 4 is 0 Å². The zero-order valence-electron chi connectivity index (χ0n) is 7.38. The van der Waals surface area contributed by atoms with Gasteiger partial charge < -0.3 is 14.6 Å². The summed E-state index contributed by atoms with van der Waals surface area (Å²) in [6.07, 6.45) is 2.09. The summed E-state index contributed by atoms with van der Waals surface area (Å²) in [5.41, 5.74) is 0. The molecule has 1 atom stereocenters. The normalized spacial score (nSPS) is 13.4. The second-order valence-corrected chi connectivity index (χ2v) is 2.54. The van der Waals surface area contributed by atoms with E-state index >= 15 is 0 Å². The largest absolute Gasteiger partial charge is 0.394 e. The third-order valence-electron chi connectivity index (χ3n) is 1.34. The fraction of sp³-hybridized carbons (Fsp3) is 1.00. The van der Waals surface area contributed by atoms with Crippen molar-refractivity contribution in [2.45, 2.75) is 32.8 Å². The maximum atomic E-state index is 8.56. The minimum atomic E-state index is -0.114. The summed E-state index contributed by atoms with van der Waals surface area (Å²) < 4.78 is 10.2. The van der Waals surface area contributed by atoms with Crippen LogP contribution in [0.15, 0.2) is 0 Å². The molecular formula is C8H18O3. The fourth-order valence-electron chi connectivity index (χ4n) is 0.522. The van der Waals surface area contributed by atoms with E-state index in [-0.39, 0.29) is 12.7 Å². The summed E-state index contributed by atoms with van der Waals surface area (Å²) in [5, 5.41) is 8.56. The van der Waals surface area contributed by atoms with Gasteiger partial charge in [-0.3, -0.25) is 0 Å². The summed E-state index contributed by atoms with van der Waals surface area (Å²) in [5.74, 6) is 0. The van der Waals surface area contributed by atoms with Crippen LogP contribution in [-0.4, -0.2) is 31.2 Å². The average molecular weight is 162 g/mol. The van der Waals surface area contributed by atoms with Gasteiger partial charge in [-0.15, -0.1) is 0 Å². The highest BCUT2D eigenvalue weighted by molar-refractivity contribution is 4.40. The smallest absolute Gasteiger partial charge is 0.147 e. The Morgan fingerprint density at radius 2 is 2.18 bits per heavy atom. The predicted molar refractivity (Wildman–Crippen MR) is 43.4 cm³/mol. The summed E-state index contributed by atoms with van der Waals surface area (Å²) in [6, 6.07) is 0. The number of aliphatic hydroxyl groups is 1. The molecular weight excluding hydrogens is 144 g/mol. The lowest BCUT2D eigenvalue weighted by molar-refractivity contribution is -0.0964. The lowest BCUT2D eigenvalue weighted by Crippen LogP contribution is -2.15. The molecule has 11 heavy (non-hydrogen) atoms. The summed E-state index contributed by atoms with van der Waals surface area (Å²) in [4.78, 5) is 0. The van der Waals surface area contributed by atoms with E-state index in [4.69, 9.17) is 14.6 Å². The standard InChI is InChI=1S/C8H18O3/c1-3-4-5-10-7-11-8(2)6-9/h8-9H,3-7H2,1-2H3/t8-/m0/s1. The van der Waals surface area contributed by atoms with Crippen molar-refractivity contribution in [1.82, 2.24) is 0 Å². The van der Waals surface area contributed by atoms with Crippen LogP contribution in [0.25, 0.3) is 0 Å². The van der Waals surface area contributed by atoms with Gasteiger partial charge in [0, 0.05) is 6.61 Å². The van der Waals surface area contributed by atoms with E-state index in [0.717, 1.165) is 19.4 Å². The molecule has 1 N–H and O–H groups in total. The van der Waals surface area contributed by atoms with E-state index in [2.05, 4.69) is 6.92 Å². The van der Waals surface area contributed by atoms with Gasteiger partial charge in [0.15, 0.2) is 0 Å². The molecule has 0 heterocycles. The van der Waals surface area contributed by atoms with Crippen LogP contribution in [0.3, 0.4) is 0 Å². The Labute approximate surface area is 68.3 Å². The summed E-state index contributed by atoms with van der Waals surface area (Å²) >= 11 is 0. The predicted octanol–water partition coefficient (Wildman–Crippen LogP) is 1.16. The fourth-order valence-corrected chi connectivity index (χ4v) is 0.522. The molecule has 0 amide bonds. The van der Waals surface area contributed by atoms with Gasteiger partial charge in [-0.25, -0.2) is 0 Å². The van der Waals surface area contributed by atoms with E-state index in [1.54, 1.807) is 0 Å². The molecule has 3 heteroatoms. The second-order valence-electron chi connectivity index (χ2n) is 2.54. The molecule has 0 aromatic heterocycles. The molecule has 0 radical (unpaired) electrons. The van der Waals surface area contributed by atoms with Crippen molar-refractivity contribution in [3.8, 4) is 0 Å². The first-order valence-electron chi connectivity index (χ1n) is 4.11. The lowest BCUT2D eigenvalue weighted by Gasteiger charge is -2.09. The molecule has 0 aliphatic rings. The SMILES string of the molecule is CCCCOCO[C@@H](C)CO. The van der Waals surface area contributed by atoms with Gasteiger partial charge in [0.25, 0.3) is 0 Å². The minimum absolute atomic E-state index is 0.0527. The zero-order valence-corrected chi connectivity index (χ0v) is 7.38. The van der Waals surface area contributed by atoms with Crippen LogP contribution < -0.4 is 0 Å². The third-order valence-corrected chi connectivity index (χ3v) is 1.34. The van der Waals surface area contributed by atoms with Gasteiger partial charge in [0.1, 0.15) is 6.79 Å². The molecule has 0 aromatic rings. The van der Waals surface area contributed by atoms with Crippen molar-refractivity contribution in [2.24, 2.45) is 0 Å². The van der Waals surface area contributed by atoms with Crippen LogP contribution in [0.5, 0.6) is 0 Å². The summed E-state index contributed by atoms with van der Waals surface area (Å²) in [7, 11) is 0. The van der Waals surface area contributed by atoms with Crippen molar-refractivity contribution in [3.05, 3.63) is 0 Å². The lowest BCUT2D eigenvalue weighted by atomic mass is 10.4. The number of aliphatic hydroxyl groups excluding tert-OH is 1. The van der Waals surface area contributed by atoms with Crippen molar-refractivity contribution in [1.29, 1.82) is 0 Å². The molecule has 0 unspecified atom stereocenters. The molecule has 0 bridgehead atoms. The van der Waals surface area contributed by atoms with E-state index < -0.39 is 0 Å². The van der Waals surface area contributed by atoms with Gasteiger partial charge >= 0.3 is 0 Å². The second kappa shape index (κ2) is 7.98. The molecule has 0 saturated heterocycles. The first kappa shape index (κ1) is 10.9. The molecule has 0 spiro atoms. The Balaban J connectivity index is 2.89. The quantitative estimate of drug-likeness (QED) is 0.451. The van der Waals surface area contributed by atoms with Crippen LogP contribution in [0.1, 0.15) is 26.7 Å². The van der Waals surface area contributed by atoms with Gasteiger partial charge in [-0.2, -0.15) is 0 Å². The minimum Gasteiger partial charge on any atom is -0.394 e. The Morgan fingerprint density at radius 3 is 2.73 bits per heavy atom. The monoisotopic (exact) mass is 162 g/mol. The maximum Gasteiger partial charge on any atom is 0.147 e.